The maximum absolute atomic E-state index is 6.19. The summed E-state index contributed by atoms with van der Waals surface area (Å²) in [7, 11) is 0. The van der Waals surface area contributed by atoms with E-state index in [-0.39, 0.29) is 16.6 Å². The van der Waals surface area contributed by atoms with E-state index in [1.807, 2.05) is 0 Å². The Morgan fingerprint density at radius 3 is 2.50 bits per heavy atom. The van der Waals surface area contributed by atoms with Gasteiger partial charge in [0.1, 0.15) is 0 Å². The molecule has 2 heteroatoms. The Kier molecular flexibility index (Phi) is 3.20. The van der Waals surface area contributed by atoms with Gasteiger partial charge in [0.2, 0.25) is 0 Å². The first-order chi connectivity index (χ1) is 10.5. The van der Waals surface area contributed by atoms with Crippen LogP contribution in [-0.4, -0.2) is 19.0 Å². The van der Waals surface area contributed by atoms with Crippen LogP contribution in [0.2, 0.25) is 0 Å². The molecule has 4 atom stereocenters. The van der Waals surface area contributed by atoms with Gasteiger partial charge >= 0.3 is 0 Å². The van der Waals surface area contributed by atoms with Crippen LogP contribution in [0.4, 0.5) is 0 Å². The normalized spacial score (nSPS) is 46.7. The van der Waals surface area contributed by atoms with E-state index < -0.39 is 0 Å². The first kappa shape index (κ1) is 15.0. The lowest BCUT2D eigenvalue weighted by Crippen LogP contribution is -2.49. The summed E-state index contributed by atoms with van der Waals surface area (Å²) in [4.78, 5) is 0. The van der Waals surface area contributed by atoms with Crippen LogP contribution in [0.5, 0.6) is 0 Å². The Morgan fingerprint density at radius 1 is 1.09 bits per heavy atom. The van der Waals surface area contributed by atoms with Gasteiger partial charge in [-0.3, -0.25) is 0 Å². The fourth-order valence-corrected chi connectivity index (χ4v) is 6.05. The molecule has 0 amide bonds. The van der Waals surface area contributed by atoms with Gasteiger partial charge in [0.15, 0.2) is 5.79 Å². The van der Waals surface area contributed by atoms with Gasteiger partial charge < -0.3 is 9.47 Å². The van der Waals surface area contributed by atoms with Crippen LogP contribution in [0, 0.1) is 22.7 Å². The largest absolute Gasteiger partial charge is 0.347 e. The molecule has 22 heavy (non-hydrogen) atoms. The fourth-order valence-electron chi connectivity index (χ4n) is 6.05. The lowest BCUT2D eigenvalue weighted by molar-refractivity contribution is -0.226. The average molecular weight is 302 g/mol. The van der Waals surface area contributed by atoms with Crippen molar-refractivity contribution in [2.45, 2.75) is 65.1 Å². The smallest absolute Gasteiger partial charge is 0.174 e. The molecule has 0 bridgehead atoms. The molecule has 0 radical (unpaired) electrons. The van der Waals surface area contributed by atoms with Crippen molar-refractivity contribution in [2.24, 2.45) is 22.7 Å². The zero-order valence-electron chi connectivity index (χ0n) is 14.4. The van der Waals surface area contributed by atoms with Gasteiger partial charge in [-0.05, 0) is 43.9 Å². The molecule has 2 fully saturated rings. The standard InChI is InChI=1S/C20H30O2/c1-5-18(3)14(2)6-7-15-16(18)8-10-19(4)17(15)9-11-20(19)21-12-13-22-20/h5,14,17H,1,6-13H2,2-4H3. The molecule has 2 nitrogen and oxygen atoms in total. The molecule has 1 saturated carbocycles. The van der Waals surface area contributed by atoms with Crippen LogP contribution < -0.4 is 0 Å². The first-order valence-electron chi connectivity index (χ1n) is 9.11. The maximum atomic E-state index is 6.19. The van der Waals surface area contributed by atoms with Gasteiger partial charge in [0.05, 0.1) is 13.2 Å². The molecule has 3 aliphatic carbocycles. The van der Waals surface area contributed by atoms with E-state index in [1.165, 1.54) is 32.1 Å². The van der Waals surface area contributed by atoms with Crippen molar-refractivity contribution in [3.05, 3.63) is 23.8 Å². The molecule has 1 saturated heterocycles. The minimum atomic E-state index is -0.288. The molecule has 1 spiro atoms. The van der Waals surface area contributed by atoms with Crippen LogP contribution in [0.15, 0.2) is 23.8 Å². The van der Waals surface area contributed by atoms with Crippen LogP contribution >= 0.6 is 0 Å². The number of allylic oxidation sites excluding steroid dienone is 3. The van der Waals surface area contributed by atoms with E-state index in [0.29, 0.717) is 11.8 Å². The zero-order valence-corrected chi connectivity index (χ0v) is 14.4. The molecule has 122 valence electrons. The molecule has 1 heterocycles. The minimum Gasteiger partial charge on any atom is -0.347 e. The lowest BCUT2D eigenvalue weighted by Gasteiger charge is -2.52. The highest BCUT2D eigenvalue weighted by molar-refractivity contribution is 5.37. The highest BCUT2D eigenvalue weighted by Gasteiger charge is 2.63. The molecular weight excluding hydrogens is 272 g/mol. The summed E-state index contributed by atoms with van der Waals surface area (Å²) in [5, 5.41) is 0. The summed E-state index contributed by atoms with van der Waals surface area (Å²) >= 11 is 0. The highest BCUT2D eigenvalue weighted by Crippen LogP contribution is 2.65. The van der Waals surface area contributed by atoms with Gasteiger partial charge in [0, 0.05) is 17.3 Å². The third-order valence-corrected chi connectivity index (χ3v) is 7.80. The molecule has 1 aliphatic heterocycles. The predicted molar refractivity (Wildman–Crippen MR) is 88.4 cm³/mol. The van der Waals surface area contributed by atoms with Crippen molar-refractivity contribution in [1.29, 1.82) is 0 Å². The summed E-state index contributed by atoms with van der Waals surface area (Å²) < 4.78 is 12.4. The molecule has 0 N–H and O–H groups in total. The Balaban J connectivity index is 1.78. The van der Waals surface area contributed by atoms with E-state index in [0.717, 1.165) is 19.6 Å². The second-order valence-electron chi connectivity index (χ2n) is 8.39. The second-order valence-corrected chi connectivity index (χ2v) is 8.39. The Bertz CT molecular complexity index is 528. The van der Waals surface area contributed by atoms with Crippen LogP contribution in [0.3, 0.4) is 0 Å². The Hall–Kier alpha value is -0.600. The number of rotatable bonds is 1. The molecule has 0 aromatic carbocycles. The van der Waals surface area contributed by atoms with Crippen molar-refractivity contribution in [3.63, 3.8) is 0 Å². The van der Waals surface area contributed by atoms with Crippen molar-refractivity contribution in [2.75, 3.05) is 13.2 Å². The van der Waals surface area contributed by atoms with Crippen molar-refractivity contribution in [1.82, 2.24) is 0 Å². The molecule has 4 unspecified atom stereocenters. The second kappa shape index (κ2) is 4.70. The number of hydrogen-bond donors (Lipinski definition) is 0. The minimum absolute atomic E-state index is 0.172. The molecule has 0 aromatic heterocycles. The quantitative estimate of drug-likeness (QED) is 0.644. The summed E-state index contributed by atoms with van der Waals surface area (Å²) in [6, 6.07) is 0. The van der Waals surface area contributed by atoms with E-state index in [4.69, 9.17) is 9.47 Å². The summed E-state index contributed by atoms with van der Waals surface area (Å²) in [6.07, 6.45) is 9.50. The maximum Gasteiger partial charge on any atom is 0.174 e. The van der Waals surface area contributed by atoms with Gasteiger partial charge in [-0.15, -0.1) is 6.58 Å². The first-order valence-corrected chi connectivity index (χ1v) is 9.11. The van der Waals surface area contributed by atoms with Gasteiger partial charge in [0.25, 0.3) is 0 Å². The monoisotopic (exact) mass is 302 g/mol. The third-order valence-electron chi connectivity index (χ3n) is 7.80. The van der Waals surface area contributed by atoms with Crippen LogP contribution in [0.1, 0.15) is 59.3 Å². The molecule has 4 aliphatic rings. The van der Waals surface area contributed by atoms with Crippen molar-refractivity contribution >= 4 is 0 Å². The number of hydrogen-bond acceptors (Lipinski definition) is 2. The van der Waals surface area contributed by atoms with Crippen molar-refractivity contribution < 1.29 is 9.47 Å². The lowest BCUT2D eigenvalue weighted by atomic mass is 9.55. The van der Waals surface area contributed by atoms with E-state index >= 15 is 0 Å². The summed E-state index contributed by atoms with van der Waals surface area (Å²) in [5.74, 6) is 1.08. The topological polar surface area (TPSA) is 18.5 Å². The van der Waals surface area contributed by atoms with E-state index in [9.17, 15) is 0 Å². The zero-order chi connectivity index (χ0) is 15.6. The van der Waals surface area contributed by atoms with Gasteiger partial charge in [-0.25, -0.2) is 0 Å². The summed E-state index contributed by atoms with van der Waals surface area (Å²) in [5.41, 5.74) is 3.82. The predicted octanol–water partition coefficient (Wildman–Crippen LogP) is 4.86. The average Bonchev–Trinajstić information content (AvgIpc) is 3.10. The van der Waals surface area contributed by atoms with Crippen LogP contribution in [0.25, 0.3) is 0 Å². The molecular formula is C20H30O2. The highest BCUT2D eigenvalue weighted by atomic mass is 16.7. The fraction of sp³-hybridized carbons (Fsp3) is 0.800. The van der Waals surface area contributed by atoms with Gasteiger partial charge in [-0.1, -0.05) is 38.0 Å². The third kappa shape index (κ3) is 1.63. The Labute approximate surface area is 134 Å². The Morgan fingerprint density at radius 2 is 1.82 bits per heavy atom. The van der Waals surface area contributed by atoms with Gasteiger partial charge in [-0.2, -0.15) is 0 Å². The number of ether oxygens (including phenoxy) is 2. The van der Waals surface area contributed by atoms with E-state index in [2.05, 4.69) is 33.4 Å². The molecule has 4 rings (SSSR count). The SMILES string of the molecule is C=CC1(C)C2=C(CCC1C)C1CCC3(OCCO3)C1(C)CC2. The molecule has 0 aromatic rings. The summed E-state index contributed by atoms with van der Waals surface area (Å²) in [6.45, 7) is 13.0. The van der Waals surface area contributed by atoms with E-state index in [1.54, 1.807) is 11.1 Å². The van der Waals surface area contributed by atoms with Crippen LogP contribution in [-0.2, 0) is 9.47 Å². The van der Waals surface area contributed by atoms with Crippen molar-refractivity contribution in [3.8, 4) is 0 Å². The number of fused-ring (bicyclic) bond motifs is 3.